The van der Waals surface area contributed by atoms with E-state index in [-0.39, 0.29) is 30.9 Å². The lowest BCUT2D eigenvalue weighted by Crippen LogP contribution is -2.40. The van der Waals surface area contributed by atoms with Crippen LogP contribution in [-0.2, 0) is 26.4 Å². The van der Waals surface area contributed by atoms with E-state index >= 15 is 0 Å². The van der Waals surface area contributed by atoms with Crippen LogP contribution in [0.2, 0.25) is 0 Å². The lowest BCUT2D eigenvalue weighted by atomic mass is 10.2. The average molecular weight is 307 g/mol. The van der Waals surface area contributed by atoms with E-state index in [1.54, 1.807) is 12.4 Å². The maximum atomic E-state index is 12.3. The molecule has 108 valence electrons. The molecule has 1 aliphatic heterocycles. The van der Waals surface area contributed by atoms with Crippen molar-refractivity contribution < 1.29 is 16.8 Å². The first-order valence-electron chi connectivity index (χ1n) is 5.95. The Morgan fingerprint density at radius 2 is 2.05 bits per heavy atom. The zero-order valence-electron chi connectivity index (χ0n) is 10.6. The van der Waals surface area contributed by atoms with Gasteiger partial charge in [0.05, 0.1) is 23.3 Å². The van der Waals surface area contributed by atoms with Crippen molar-refractivity contribution in [2.75, 3.05) is 18.6 Å². The fourth-order valence-electron chi connectivity index (χ4n) is 2.11. The van der Waals surface area contributed by atoms with Crippen LogP contribution in [0.25, 0.3) is 0 Å². The number of sulfone groups is 1. The number of imidazole rings is 1. The van der Waals surface area contributed by atoms with E-state index in [1.807, 2.05) is 0 Å². The third-order valence-electron chi connectivity index (χ3n) is 3.28. The maximum Gasteiger partial charge on any atom is 0.217 e. The van der Waals surface area contributed by atoms with Crippen molar-refractivity contribution >= 4 is 19.9 Å². The summed E-state index contributed by atoms with van der Waals surface area (Å²) >= 11 is 0. The van der Waals surface area contributed by atoms with Crippen molar-refractivity contribution in [1.82, 2.24) is 14.3 Å². The Hall–Kier alpha value is -0.930. The molecule has 1 aromatic heterocycles. The van der Waals surface area contributed by atoms with Crippen molar-refractivity contribution in [3.63, 3.8) is 0 Å². The molecule has 0 saturated carbocycles. The summed E-state index contributed by atoms with van der Waals surface area (Å²) in [6, 6.07) is 0. The summed E-state index contributed by atoms with van der Waals surface area (Å²) in [5.74, 6) is 0.464. The van der Waals surface area contributed by atoms with Gasteiger partial charge in [-0.3, -0.25) is 0 Å². The van der Waals surface area contributed by atoms with E-state index in [0.29, 0.717) is 5.82 Å². The van der Waals surface area contributed by atoms with Gasteiger partial charge < -0.3 is 4.98 Å². The van der Waals surface area contributed by atoms with Crippen LogP contribution in [0.5, 0.6) is 0 Å². The summed E-state index contributed by atoms with van der Waals surface area (Å²) < 4.78 is 48.5. The van der Waals surface area contributed by atoms with Gasteiger partial charge in [-0.05, 0) is 12.8 Å². The summed E-state index contributed by atoms with van der Waals surface area (Å²) in [5, 5.41) is -0.615. The molecule has 0 aliphatic carbocycles. The van der Waals surface area contributed by atoms with Crippen molar-refractivity contribution in [3.05, 3.63) is 18.2 Å². The lowest BCUT2D eigenvalue weighted by molar-refractivity contribution is 0.441. The van der Waals surface area contributed by atoms with Gasteiger partial charge in [-0.1, -0.05) is 0 Å². The van der Waals surface area contributed by atoms with Gasteiger partial charge in [0, 0.05) is 19.4 Å². The largest absolute Gasteiger partial charge is 0.347 e. The highest BCUT2D eigenvalue weighted by Crippen LogP contribution is 2.22. The molecule has 1 N–H and O–H groups in total. The molecule has 0 spiro atoms. The number of aromatic nitrogens is 2. The smallest absolute Gasteiger partial charge is 0.217 e. The molecule has 1 aromatic rings. The average Bonchev–Trinajstić information content (AvgIpc) is 2.81. The summed E-state index contributed by atoms with van der Waals surface area (Å²) in [6.07, 6.45) is 3.53. The Bertz CT molecular complexity index is 608. The van der Waals surface area contributed by atoms with Gasteiger partial charge in [-0.25, -0.2) is 21.8 Å². The number of nitrogens with zero attached hydrogens (tertiary/aromatic N) is 2. The van der Waals surface area contributed by atoms with Crippen molar-refractivity contribution in [2.45, 2.75) is 24.6 Å². The minimum atomic E-state index is -3.48. The third-order valence-corrected chi connectivity index (χ3v) is 7.31. The predicted molar refractivity (Wildman–Crippen MR) is 70.7 cm³/mol. The molecule has 0 radical (unpaired) electrons. The maximum absolute atomic E-state index is 12.3. The van der Waals surface area contributed by atoms with E-state index in [4.69, 9.17) is 0 Å². The quantitative estimate of drug-likeness (QED) is 0.826. The van der Waals surface area contributed by atoms with Crippen LogP contribution in [-0.4, -0.2) is 54.9 Å². The van der Waals surface area contributed by atoms with Crippen LogP contribution < -0.4 is 0 Å². The Morgan fingerprint density at radius 3 is 2.58 bits per heavy atom. The van der Waals surface area contributed by atoms with Gasteiger partial charge in [0.1, 0.15) is 15.7 Å². The zero-order valence-corrected chi connectivity index (χ0v) is 12.2. The highest BCUT2D eigenvalue weighted by Gasteiger charge is 2.35. The van der Waals surface area contributed by atoms with Crippen molar-refractivity contribution in [3.8, 4) is 0 Å². The minimum Gasteiger partial charge on any atom is -0.347 e. The molecule has 1 fully saturated rings. The summed E-state index contributed by atoms with van der Waals surface area (Å²) in [7, 11) is -5.05. The molecule has 2 heterocycles. The van der Waals surface area contributed by atoms with E-state index in [2.05, 4.69) is 9.97 Å². The number of hydrogen-bond donors (Lipinski definition) is 1. The van der Waals surface area contributed by atoms with Gasteiger partial charge in [0.2, 0.25) is 10.0 Å². The van der Waals surface area contributed by atoms with E-state index < -0.39 is 25.1 Å². The van der Waals surface area contributed by atoms with Crippen LogP contribution in [0, 0.1) is 0 Å². The molecule has 19 heavy (non-hydrogen) atoms. The predicted octanol–water partition coefficient (Wildman–Crippen LogP) is -0.251. The highest BCUT2D eigenvalue weighted by molar-refractivity contribution is 7.92. The second-order valence-electron chi connectivity index (χ2n) is 4.69. The molecule has 0 unspecified atom stereocenters. The van der Waals surface area contributed by atoms with Gasteiger partial charge in [-0.15, -0.1) is 0 Å². The first kappa shape index (κ1) is 14.5. The van der Waals surface area contributed by atoms with Gasteiger partial charge >= 0.3 is 0 Å². The summed E-state index contributed by atoms with van der Waals surface area (Å²) in [5.41, 5.74) is 0. The number of nitrogens with one attached hydrogen (secondary N) is 1. The van der Waals surface area contributed by atoms with Gasteiger partial charge in [0.25, 0.3) is 0 Å². The summed E-state index contributed by atoms with van der Waals surface area (Å²) in [6.45, 7) is 0.165. The fourth-order valence-corrected chi connectivity index (χ4v) is 5.54. The normalized spacial score (nSPS) is 20.7. The molecular formula is C10H17N3O4S2. The second kappa shape index (κ2) is 5.22. The lowest BCUT2D eigenvalue weighted by Gasteiger charge is -2.26. The molecule has 0 amide bonds. The molecule has 1 saturated heterocycles. The van der Waals surface area contributed by atoms with Crippen LogP contribution in [0.15, 0.2) is 12.4 Å². The van der Waals surface area contributed by atoms with Crippen molar-refractivity contribution in [1.29, 1.82) is 0 Å². The highest BCUT2D eigenvalue weighted by atomic mass is 32.2. The van der Waals surface area contributed by atoms with Crippen LogP contribution >= 0.6 is 0 Å². The van der Waals surface area contributed by atoms with Crippen LogP contribution in [0.3, 0.4) is 0 Å². The molecule has 0 aromatic carbocycles. The number of sulfonamides is 1. The third kappa shape index (κ3) is 3.34. The Kier molecular flexibility index (Phi) is 3.98. The molecule has 0 bridgehead atoms. The molecule has 1 aliphatic rings. The monoisotopic (exact) mass is 307 g/mol. The number of aromatic amines is 1. The van der Waals surface area contributed by atoms with Crippen LogP contribution in [0.4, 0.5) is 0 Å². The molecular weight excluding hydrogens is 290 g/mol. The van der Waals surface area contributed by atoms with Crippen molar-refractivity contribution in [2.24, 2.45) is 0 Å². The van der Waals surface area contributed by atoms with E-state index in [9.17, 15) is 16.8 Å². The Balaban J connectivity index is 2.06. The topological polar surface area (TPSA) is 100 Å². The van der Waals surface area contributed by atoms with Crippen LogP contribution in [0.1, 0.15) is 18.7 Å². The fraction of sp³-hybridized carbons (Fsp3) is 0.700. The number of H-pyrrole nitrogens is 1. The van der Waals surface area contributed by atoms with E-state index in [1.165, 1.54) is 11.4 Å². The number of rotatable bonds is 4. The van der Waals surface area contributed by atoms with Gasteiger partial charge in [0.15, 0.2) is 0 Å². The van der Waals surface area contributed by atoms with Gasteiger partial charge in [-0.2, -0.15) is 4.31 Å². The van der Waals surface area contributed by atoms with E-state index in [0.717, 1.165) is 0 Å². The Morgan fingerprint density at radius 1 is 1.42 bits per heavy atom. The zero-order chi connectivity index (χ0) is 14.1. The molecule has 2 rings (SSSR count). The first-order valence-corrected chi connectivity index (χ1v) is 9.27. The molecule has 7 nitrogen and oxygen atoms in total. The SMILES string of the molecule is CN(Cc1ncc[nH]1)S(=O)(=O)C1CCS(=O)(=O)CC1. The first-order chi connectivity index (χ1) is 8.81. The number of hydrogen-bond acceptors (Lipinski definition) is 5. The second-order valence-corrected chi connectivity index (χ2v) is 9.31. The Labute approximate surface area is 113 Å². The standard InChI is InChI=1S/C10H17N3O4S2/c1-13(8-10-11-4-5-12-10)19(16,17)9-2-6-18(14,15)7-3-9/h4-5,9H,2-3,6-8H2,1H3,(H,11,12). The molecule has 0 atom stereocenters. The molecule has 9 heteroatoms. The minimum absolute atomic E-state index is 0.0501. The summed E-state index contributed by atoms with van der Waals surface area (Å²) in [4.78, 5) is 6.82.